The van der Waals surface area contributed by atoms with Crippen molar-refractivity contribution in [3.8, 4) is 0 Å². The first-order valence-corrected chi connectivity index (χ1v) is 7.60. The third kappa shape index (κ3) is 4.26. The molecule has 116 valence electrons. The summed E-state index contributed by atoms with van der Waals surface area (Å²) in [5.41, 5.74) is 0. The summed E-state index contributed by atoms with van der Waals surface area (Å²) >= 11 is 0. The molecule has 0 bridgehead atoms. The van der Waals surface area contributed by atoms with E-state index in [0.717, 1.165) is 77.3 Å². The molecule has 2 aliphatic rings. The van der Waals surface area contributed by atoms with Crippen LogP contribution in [0, 0.1) is 0 Å². The second kappa shape index (κ2) is 7.53. The van der Waals surface area contributed by atoms with Crippen molar-refractivity contribution in [3.63, 3.8) is 0 Å². The molecule has 0 unspecified atom stereocenters. The molecule has 0 spiro atoms. The van der Waals surface area contributed by atoms with Crippen LogP contribution in [0.2, 0.25) is 0 Å². The van der Waals surface area contributed by atoms with Crippen LogP contribution in [0.5, 0.6) is 0 Å². The van der Waals surface area contributed by atoms with Gasteiger partial charge in [-0.3, -0.25) is 4.90 Å². The van der Waals surface area contributed by atoms with Gasteiger partial charge in [0.25, 0.3) is 0 Å². The number of nitrogens with zero attached hydrogens (tertiary/aromatic N) is 4. The fourth-order valence-corrected chi connectivity index (χ4v) is 2.58. The van der Waals surface area contributed by atoms with Crippen LogP contribution in [-0.4, -0.2) is 80.6 Å². The minimum Gasteiger partial charge on any atom is -0.379 e. The molecule has 1 aromatic rings. The van der Waals surface area contributed by atoms with Crippen molar-refractivity contribution < 1.29 is 9.47 Å². The molecular formula is C14H23N5O2. The molecule has 3 heterocycles. The van der Waals surface area contributed by atoms with Crippen LogP contribution in [0.1, 0.15) is 0 Å². The lowest BCUT2D eigenvalue weighted by molar-refractivity contribution is 0.0398. The highest BCUT2D eigenvalue weighted by Crippen LogP contribution is 2.15. The number of aromatic nitrogens is 2. The standard InChI is InChI=1S/C14H23N5O2/c1(2-18-3-7-20-8-4-18)15-13-11-14(17-12-16-13)19-5-9-21-10-6-19/h11-12H,1-10H2,(H,15,16,17). The van der Waals surface area contributed by atoms with E-state index in [1.54, 1.807) is 6.33 Å². The fraction of sp³-hybridized carbons (Fsp3) is 0.714. The normalized spacial score (nSPS) is 20.5. The Morgan fingerprint density at radius 1 is 1.00 bits per heavy atom. The van der Waals surface area contributed by atoms with E-state index in [4.69, 9.17) is 9.47 Å². The number of anilines is 2. The predicted octanol–water partition coefficient (Wildman–Crippen LogP) is 0.0573. The lowest BCUT2D eigenvalue weighted by Crippen LogP contribution is -2.39. The third-order valence-corrected chi connectivity index (χ3v) is 3.83. The molecule has 1 aromatic heterocycles. The molecule has 0 radical (unpaired) electrons. The molecule has 0 atom stereocenters. The maximum Gasteiger partial charge on any atom is 0.134 e. The fourth-order valence-electron chi connectivity index (χ4n) is 2.58. The summed E-state index contributed by atoms with van der Waals surface area (Å²) in [5, 5.41) is 3.38. The summed E-state index contributed by atoms with van der Waals surface area (Å²) in [6.45, 7) is 8.94. The van der Waals surface area contributed by atoms with Gasteiger partial charge < -0.3 is 19.7 Å². The van der Waals surface area contributed by atoms with Gasteiger partial charge in [-0.1, -0.05) is 0 Å². The van der Waals surface area contributed by atoms with Gasteiger partial charge in [0.1, 0.15) is 18.0 Å². The van der Waals surface area contributed by atoms with E-state index in [9.17, 15) is 0 Å². The molecule has 2 aliphatic heterocycles. The van der Waals surface area contributed by atoms with Crippen molar-refractivity contribution in [3.05, 3.63) is 12.4 Å². The van der Waals surface area contributed by atoms with E-state index >= 15 is 0 Å². The zero-order valence-electron chi connectivity index (χ0n) is 12.3. The molecule has 1 N–H and O–H groups in total. The zero-order valence-corrected chi connectivity index (χ0v) is 12.3. The molecule has 0 saturated carbocycles. The SMILES string of the molecule is c1nc(NCCN2CCOCC2)cc(N2CCOCC2)n1. The molecule has 2 saturated heterocycles. The smallest absolute Gasteiger partial charge is 0.134 e. The summed E-state index contributed by atoms with van der Waals surface area (Å²) in [4.78, 5) is 13.3. The number of nitrogens with one attached hydrogen (secondary N) is 1. The van der Waals surface area contributed by atoms with Gasteiger partial charge in [-0.05, 0) is 0 Å². The molecule has 0 amide bonds. The van der Waals surface area contributed by atoms with Gasteiger partial charge in [0.2, 0.25) is 0 Å². The highest BCUT2D eigenvalue weighted by Gasteiger charge is 2.13. The molecule has 21 heavy (non-hydrogen) atoms. The third-order valence-electron chi connectivity index (χ3n) is 3.83. The Morgan fingerprint density at radius 3 is 2.48 bits per heavy atom. The maximum absolute atomic E-state index is 5.37. The maximum atomic E-state index is 5.37. The van der Waals surface area contributed by atoms with E-state index < -0.39 is 0 Å². The van der Waals surface area contributed by atoms with Gasteiger partial charge in [0, 0.05) is 45.3 Å². The molecule has 0 aliphatic carbocycles. The summed E-state index contributed by atoms with van der Waals surface area (Å²) in [7, 11) is 0. The molecule has 3 rings (SSSR count). The Kier molecular flexibility index (Phi) is 5.20. The van der Waals surface area contributed by atoms with Crippen LogP contribution >= 0.6 is 0 Å². The first-order chi connectivity index (χ1) is 10.4. The number of rotatable bonds is 5. The van der Waals surface area contributed by atoms with E-state index in [2.05, 4.69) is 25.1 Å². The molecular weight excluding hydrogens is 270 g/mol. The number of ether oxygens (including phenoxy) is 2. The van der Waals surface area contributed by atoms with Gasteiger partial charge in [0.15, 0.2) is 0 Å². The lowest BCUT2D eigenvalue weighted by atomic mass is 10.4. The number of hydrogen-bond acceptors (Lipinski definition) is 7. The van der Waals surface area contributed by atoms with Gasteiger partial charge in [-0.2, -0.15) is 0 Å². The number of morpholine rings is 2. The first-order valence-electron chi connectivity index (χ1n) is 7.60. The average molecular weight is 293 g/mol. The Morgan fingerprint density at radius 2 is 1.71 bits per heavy atom. The van der Waals surface area contributed by atoms with Crippen LogP contribution in [0.3, 0.4) is 0 Å². The molecule has 7 heteroatoms. The predicted molar refractivity (Wildman–Crippen MR) is 80.8 cm³/mol. The second-order valence-corrected chi connectivity index (χ2v) is 5.24. The van der Waals surface area contributed by atoms with Crippen LogP contribution in [-0.2, 0) is 9.47 Å². The molecule has 7 nitrogen and oxygen atoms in total. The first kappa shape index (κ1) is 14.5. The largest absolute Gasteiger partial charge is 0.379 e. The van der Waals surface area contributed by atoms with Crippen molar-refractivity contribution >= 4 is 11.6 Å². The van der Waals surface area contributed by atoms with Crippen LogP contribution in [0.15, 0.2) is 12.4 Å². The van der Waals surface area contributed by atoms with E-state index in [1.165, 1.54) is 0 Å². The van der Waals surface area contributed by atoms with E-state index in [1.807, 2.05) is 6.07 Å². The Bertz CT molecular complexity index is 433. The second-order valence-electron chi connectivity index (χ2n) is 5.24. The minimum atomic E-state index is 0.768. The van der Waals surface area contributed by atoms with Gasteiger partial charge in [0.05, 0.1) is 26.4 Å². The van der Waals surface area contributed by atoms with Crippen molar-refractivity contribution in [2.45, 2.75) is 0 Å². The molecule has 0 aromatic carbocycles. The Labute approximate surface area is 125 Å². The minimum absolute atomic E-state index is 0.768. The van der Waals surface area contributed by atoms with Crippen molar-refractivity contribution in [2.24, 2.45) is 0 Å². The van der Waals surface area contributed by atoms with Gasteiger partial charge in [-0.25, -0.2) is 9.97 Å². The average Bonchev–Trinajstić information content (AvgIpc) is 2.57. The number of hydrogen-bond donors (Lipinski definition) is 1. The van der Waals surface area contributed by atoms with E-state index in [0.29, 0.717) is 0 Å². The summed E-state index contributed by atoms with van der Waals surface area (Å²) < 4.78 is 10.7. The summed E-state index contributed by atoms with van der Waals surface area (Å²) in [5.74, 6) is 1.86. The Hall–Kier alpha value is -1.44. The zero-order chi connectivity index (χ0) is 14.3. The van der Waals surface area contributed by atoms with Crippen LogP contribution in [0.4, 0.5) is 11.6 Å². The van der Waals surface area contributed by atoms with Gasteiger partial charge in [-0.15, -0.1) is 0 Å². The lowest BCUT2D eigenvalue weighted by Gasteiger charge is -2.28. The monoisotopic (exact) mass is 293 g/mol. The van der Waals surface area contributed by atoms with Crippen molar-refractivity contribution in [2.75, 3.05) is 75.9 Å². The summed E-state index contributed by atoms with van der Waals surface area (Å²) in [6, 6.07) is 2.02. The highest BCUT2D eigenvalue weighted by atomic mass is 16.5. The Balaban J connectivity index is 1.48. The summed E-state index contributed by atoms with van der Waals surface area (Å²) in [6.07, 6.45) is 1.63. The van der Waals surface area contributed by atoms with Crippen LogP contribution in [0.25, 0.3) is 0 Å². The topological polar surface area (TPSA) is 62.8 Å². The van der Waals surface area contributed by atoms with Crippen molar-refractivity contribution in [1.29, 1.82) is 0 Å². The van der Waals surface area contributed by atoms with Crippen LogP contribution < -0.4 is 10.2 Å². The highest BCUT2D eigenvalue weighted by molar-refractivity contribution is 5.48. The van der Waals surface area contributed by atoms with Gasteiger partial charge >= 0.3 is 0 Å². The van der Waals surface area contributed by atoms with Crippen molar-refractivity contribution in [1.82, 2.24) is 14.9 Å². The quantitative estimate of drug-likeness (QED) is 0.823. The van der Waals surface area contributed by atoms with E-state index in [-0.39, 0.29) is 0 Å². The molecule has 2 fully saturated rings.